The van der Waals surface area contributed by atoms with E-state index in [1.807, 2.05) is 103 Å². The van der Waals surface area contributed by atoms with Gasteiger partial charge in [-0.1, -0.05) is 84.9 Å². The van der Waals surface area contributed by atoms with E-state index in [0.29, 0.717) is 38.6 Å². The van der Waals surface area contributed by atoms with E-state index in [1.54, 1.807) is 7.11 Å². The van der Waals surface area contributed by atoms with Crippen molar-refractivity contribution >= 4 is 0 Å². The van der Waals surface area contributed by atoms with Gasteiger partial charge >= 0.3 is 0 Å². The Morgan fingerprint density at radius 3 is 1.93 bits per heavy atom. The fourth-order valence-electron chi connectivity index (χ4n) is 4.84. The second kappa shape index (κ2) is 16.9. The van der Waals surface area contributed by atoms with Crippen molar-refractivity contribution in [3.63, 3.8) is 0 Å². The van der Waals surface area contributed by atoms with Gasteiger partial charge in [-0.25, -0.2) is 0 Å². The van der Waals surface area contributed by atoms with Gasteiger partial charge in [-0.2, -0.15) is 0 Å². The van der Waals surface area contributed by atoms with Gasteiger partial charge in [-0.15, -0.1) is 0 Å². The van der Waals surface area contributed by atoms with E-state index >= 15 is 0 Å². The molecule has 0 amide bonds. The number of ether oxygens (including phenoxy) is 6. The summed E-state index contributed by atoms with van der Waals surface area (Å²) < 4.78 is 35.7. The topological polar surface area (TPSA) is 55.4 Å². The van der Waals surface area contributed by atoms with Crippen LogP contribution in [0.2, 0.25) is 0 Å². The van der Waals surface area contributed by atoms with E-state index in [9.17, 15) is 0 Å². The molecule has 45 heavy (non-hydrogen) atoms. The zero-order valence-corrected chi connectivity index (χ0v) is 25.9. The molecule has 5 rings (SSSR count). The maximum atomic E-state index is 6.39. The number of hydrogen-bond acceptors (Lipinski definition) is 6. The Kier molecular flexibility index (Phi) is 11.9. The van der Waals surface area contributed by atoms with Crippen molar-refractivity contribution in [1.29, 1.82) is 0 Å². The zero-order chi connectivity index (χ0) is 31.1. The molecule has 0 aromatic heterocycles. The van der Waals surface area contributed by atoms with Crippen molar-refractivity contribution in [3.8, 4) is 28.7 Å². The molecule has 0 aliphatic rings. The minimum atomic E-state index is 0.129. The van der Waals surface area contributed by atoms with Gasteiger partial charge in [0.05, 0.1) is 19.8 Å². The molecule has 0 N–H and O–H groups in total. The maximum absolute atomic E-state index is 6.39. The van der Waals surface area contributed by atoms with Crippen LogP contribution >= 0.6 is 0 Å². The molecule has 0 saturated heterocycles. The molecule has 0 bridgehead atoms. The summed E-state index contributed by atoms with van der Waals surface area (Å²) in [4.78, 5) is 0. The predicted molar refractivity (Wildman–Crippen MR) is 176 cm³/mol. The smallest absolute Gasteiger partial charge is 0.188 e. The zero-order valence-electron chi connectivity index (χ0n) is 25.9. The van der Waals surface area contributed by atoms with Crippen molar-refractivity contribution in [2.24, 2.45) is 0 Å². The van der Waals surface area contributed by atoms with Crippen LogP contribution in [0.3, 0.4) is 0 Å². The Hall–Kier alpha value is -4.78. The Bertz CT molecular complexity index is 1590. The lowest BCUT2D eigenvalue weighted by Crippen LogP contribution is -2.06. The standard InChI is InChI=1S/C39H40O6/c1-30-23-36(43-28-32-15-8-4-9-16-32)26-39(44-29-40-2)37(30)24-33-19-20-35(25-38(33)45-34-17-10-5-11-18-34)42-22-12-21-41-27-31-13-6-3-7-14-31/h3-11,13-20,23,25-26H,12,21-22,24,27-29H2,1-2H3. The van der Waals surface area contributed by atoms with Gasteiger partial charge in [-0.3, -0.25) is 0 Å². The molecule has 0 saturated carbocycles. The SMILES string of the molecule is COCOc1cc(OCc2ccccc2)cc(C)c1Cc1ccc(OCCCOCc2ccccc2)cc1Oc1ccccc1. The van der Waals surface area contributed by atoms with Gasteiger partial charge in [0.2, 0.25) is 0 Å². The van der Waals surface area contributed by atoms with Gasteiger partial charge in [0, 0.05) is 37.6 Å². The summed E-state index contributed by atoms with van der Waals surface area (Å²) in [5.41, 5.74) is 5.34. The lowest BCUT2D eigenvalue weighted by Gasteiger charge is -2.18. The molecule has 6 heteroatoms. The third-order valence-electron chi connectivity index (χ3n) is 7.18. The fraction of sp³-hybridized carbons (Fsp3) is 0.231. The minimum Gasteiger partial charge on any atom is -0.493 e. The Labute approximate surface area is 266 Å². The highest BCUT2D eigenvalue weighted by Gasteiger charge is 2.16. The average molecular weight is 605 g/mol. The molecule has 0 fully saturated rings. The average Bonchev–Trinajstić information content (AvgIpc) is 3.08. The van der Waals surface area contributed by atoms with E-state index in [-0.39, 0.29) is 6.79 Å². The monoisotopic (exact) mass is 604 g/mol. The molecule has 232 valence electrons. The van der Waals surface area contributed by atoms with Crippen molar-refractivity contribution in [3.05, 3.63) is 149 Å². The highest BCUT2D eigenvalue weighted by Crippen LogP contribution is 2.36. The van der Waals surface area contributed by atoms with Crippen molar-refractivity contribution < 1.29 is 28.4 Å². The lowest BCUT2D eigenvalue weighted by atomic mass is 9.98. The summed E-state index contributed by atoms with van der Waals surface area (Å²) >= 11 is 0. The number of benzene rings is 5. The lowest BCUT2D eigenvalue weighted by molar-refractivity contribution is 0.0502. The van der Waals surface area contributed by atoms with Crippen molar-refractivity contribution in [2.45, 2.75) is 33.0 Å². The summed E-state index contributed by atoms with van der Waals surface area (Å²) in [6, 6.07) is 40.0. The molecular formula is C39H40O6. The van der Waals surface area contributed by atoms with Crippen LogP contribution in [0.5, 0.6) is 28.7 Å². The van der Waals surface area contributed by atoms with E-state index in [1.165, 1.54) is 0 Å². The molecular weight excluding hydrogens is 564 g/mol. The van der Waals surface area contributed by atoms with Crippen LogP contribution in [0.4, 0.5) is 0 Å². The summed E-state index contributed by atoms with van der Waals surface area (Å²) in [5, 5.41) is 0. The molecule has 5 aromatic carbocycles. The van der Waals surface area contributed by atoms with Crippen LogP contribution in [0.15, 0.2) is 121 Å². The fourth-order valence-corrected chi connectivity index (χ4v) is 4.84. The Balaban J connectivity index is 1.30. The van der Waals surface area contributed by atoms with Gasteiger partial charge < -0.3 is 28.4 Å². The van der Waals surface area contributed by atoms with Crippen LogP contribution in [0.25, 0.3) is 0 Å². The molecule has 0 spiro atoms. The number of hydrogen-bond donors (Lipinski definition) is 0. The highest BCUT2D eigenvalue weighted by molar-refractivity contribution is 5.52. The Morgan fingerprint density at radius 1 is 0.556 bits per heavy atom. The molecule has 0 radical (unpaired) electrons. The quantitative estimate of drug-likeness (QED) is 0.0780. The van der Waals surface area contributed by atoms with E-state index in [4.69, 9.17) is 28.4 Å². The second-order valence-electron chi connectivity index (χ2n) is 10.6. The molecule has 0 atom stereocenters. The highest BCUT2D eigenvalue weighted by atomic mass is 16.7. The summed E-state index contributed by atoms with van der Waals surface area (Å²) in [7, 11) is 1.61. The summed E-state index contributed by atoms with van der Waals surface area (Å²) in [6.45, 7) is 4.43. The first-order valence-corrected chi connectivity index (χ1v) is 15.2. The van der Waals surface area contributed by atoms with Gasteiger partial charge in [-0.05, 0) is 53.4 Å². The van der Waals surface area contributed by atoms with Crippen molar-refractivity contribution in [2.75, 3.05) is 27.1 Å². The largest absolute Gasteiger partial charge is 0.493 e. The van der Waals surface area contributed by atoms with Gasteiger partial charge in [0.25, 0.3) is 0 Å². The predicted octanol–water partition coefficient (Wildman–Crippen LogP) is 8.93. The van der Waals surface area contributed by atoms with Gasteiger partial charge in [0.1, 0.15) is 35.4 Å². The maximum Gasteiger partial charge on any atom is 0.188 e. The number of aryl methyl sites for hydroxylation is 1. The van der Waals surface area contributed by atoms with E-state index in [2.05, 4.69) is 25.1 Å². The second-order valence-corrected chi connectivity index (χ2v) is 10.6. The first kappa shape index (κ1) is 31.6. The number of para-hydroxylation sites is 1. The van der Waals surface area contributed by atoms with Crippen LogP contribution in [-0.4, -0.2) is 27.1 Å². The van der Waals surface area contributed by atoms with Crippen molar-refractivity contribution in [1.82, 2.24) is 0 Å². The Morgan fingerprint density at radius 2 is 1.22 bits per heavy atom. The molecule has 0 aliphatic heterocycles. The molecule has 6 nitrogen and oxygen atoms in total. The number of rotatable bonds is 17. The van der Waals surface area contributed by atoms with Gasteiger partial charge in [0.15, 0.2) is 6.79 Å². The number of methoxy groups -OCH3 is 1. The first-order chi connectivity index (χ1) is 22.2. The van der Waals surface area contributed by atoms with E-state index in [0.717, 1.165) is 57.2 Å². The van der Waals surface area contributed by atoms with Crippen LogP contribution in [0.1, 0.15) is 34.2 Å². The third kappa shape index (κ3) is 9.86. The van der Waals surface area contributed by atoms with E-state index < -0.39 is 0 Å². The van der Waals surface area contributed by atoms with Crippen LogP contribution in [-0.2, 0) is 29.1 Å². The molecule has 0 aliphatic carbocycles. The molecule has 0 unspecified atom stereocenters. The minimum absolute atomic E-state index is 0.129. The summed E-state index contributed by atoms with van der Waals surface area (Å²) in [5.74, 6) is 3.66. The van der Waals surface area contributed by atoms with Crippen LogP contribution < -0.4 is 18.9 Å². The molecule has 5 aromatic rings. The normalized spacial score (nSPS) is 10.8. The summed E-state index contributed by atoms with van der Waals surface area (Å²) in [6.07, 6.45) is 1.36. The third-order valence-corrected chi connectivity index (χ3v) is 7.18. The first-order valence-electron chi connectivity index (χ1n) is 15.2. The van der Waals surface area contributed by atoms with Crippen LogP contribution in [0, 0.1) is 6.92 Å². The molecule has 0 heterocycles.